The maximum absolute atomic E-state index is 12.6. The molecule has 3 atom stereocenters. The molecule has 2 N–H and O–H groups in total. The Labute approximate surface area is 136 Å². The van der Waals surface area contributed by atoms with E-state index in [2.05, 4.69) is 17.5 Å². The number of nitrogens with one attached hydrogen (secondary N) is 1. The normalized spacial score (nSPS) is 25.2. The fourth-order valence-electron chi connectivity index (χ4n) is 3.34. The first-order valence-corrected chi connectivity index (χ1v) is 8.25. The maximum atomic E-state index is 12.6. The van der Waals surface area contributed by atoms with Gasteiger partial charge in [-0.15, -0.1) is 0 Å². The van der Waals surface area contributed by atoms with E-state index >= 15 is 0 Å². The van der Waals surface area contributed by atoms with Gasteiger partial charge in [0.1, 0.15) is 0 Å². The Morgan fingerprint density at radius 2 is 2.26 bits per heavy atom. The summed E-state index contributed by atoms with van der Waals surface area (Å²) in [6.07, 6.45) is 15.6. The lowest BCUT2D eigenvalue weighted by molar-refractivity contribution is -0.119. The number of allylic oxidation sites excluding steroid dienone is 6. The molecule has 0 bridgehead atoms. The summed E-state index contributed by atoms with van der Waals surface area (Å²) in [5.41, 5.74) is 3.00. The van der Waals surface area contributed by atoms with Crippen LogP contribution in [-0.4, -0.2) is 30.0 Å². The van der Waals surface area contributed by atoms with Crippen LogP contribution in [0.4, 0.5) is 0 Å². The molecular weight excluding hydrogens is 290 g/mol. The molecule has 0 saturated heterocycles. The van der Waals surface area contributed by atoms with Crippen LogP contribution in [0.3, 0.4) is 0 Å². The maximum Gasteiger partial charge on any atom is 0.248 e. The van der Waals surface area contributed by atoms with E-state index in [9.17, 15) is 9.90 Å². The third-order valence-corrected chi connectivity index (χ3v) is 4.49. The molecule has 1 heterocycles. The molecule has 2 aliphatic carbocycles. The van der Waals surface area contributed by atoms with E-state index in [1.54, 1.807) is 0 Å². The zero-order valence-electron chi connectivity index (χ0n) is 13.4. The summed E-state index contributed by atoms with van der Waals surface area (Å²) in [6.45, 7) is 2.31. The summed E-state index contributed by atoms with van der Waals surface area (Å²) in [4.78, 5) is 12.6. The van der Waals surface area contributed by atoms with Gasteiger partial charge in [0.2, 0.25) is 5.91 Å². The molecule has 0 fully saturated rings. The first-order chi connectivity index (χ1) is 11.2. The first-order valence-electron chi connectivity index (χ1n) is 8.25. The molecule has 3 aliphatic rings. The van der Waals surface area contributed by atoms with Gasteiger partial charge in [0.05, 0.1) is 6.04 Å². The molecule has 122 valence electrons. The quantitative estimate of drug-likeness (QED) is 0.741. The number of fused-ring (bicyclic) bond motifs is 1. The second-order valence-electron chi connectivity index (χ2n) is 6.01. The van der Waals surface area contributed by atoms with Gasteiger partial charge in [0.15, 0.2) is 6.29 Å². The van der Waals surface area contributed by atoms with E-state index < -0.39 is 6.29 Å². The summed E-state index contributed by atoms with van der Waals surface area (Å²) in [6, 6.07) is -0.0102. The van der Waals surface area contributed by atoms with Crippen molar-refractivity contribution in [2.75, 3.05) is 6.61 Å². The van der Waals surface area contributed by atoms with Crippen LogP contribution in [0.15, 0.2) is 59.3 Å². The highest BCUT2D eigenvalue weighted by Gasteiger charge is 2.32. The van der Waals surface area contributed by atoms with Crippen LogP contribution in [0.2, 0.25) is 0 Å². The summed E-state index contributed by atoms with van der Waals surface area (Å²) < 4.78 is 5.30. The average molecular weight is 313 g/mol. The summed E-state index contributed by atoms with van der Waals surface area (Å²) >= 11 is 0. The van der Waals surface area contributed by atoms with Gasteiger partial charge in [-0.3, -0.25) is 4.79 Å². The zero-order valence-corrected chi connectivity index (χ0v) is 13.4. The standard InChI is InChI=1S/C19H23NO3/c1-2-23-18(21)12-15(13-7-4-3-5-8-13)16-11-14-9-6-10-17(14)20-19(16)22/h3-4,6-7,9-11,15,17-18,21H,2,5,8,12H2,1H3,(H,20,22). The Hall–Kier alpha value is -1.91. The third-order valence-electron chi connectivity index (χ3n) is 4.49. The van der Waals surface area contributed by atoms with Crippen molar-refractivity contribution in [3.8, 4) is 0 Å². The Morgan fingerprint density at radius 3 is 3.00 bits per heavy atom. The second-order valence-corrected chi connectivity index (χ2v) is 6.01. The van der Waals surface area contributed by atoms with Crippen molar-refractivity contribution in [3.63, 3.8) is 0 Å². The fourth-order valence-corrected chi connectivity index (χ4v) is 3.34. The molecule has 0 radical (unpaired) electrons. The molecule has 1 amide bonds. The van der Waals surface area contributed by atoms with Crippen LogP contribution in [0.5, 0.6) is 0 Å². The van der Waals surface area contributed by atoms with E-state index in [4.69, 9.17) is 4.74 Å². The van der Waals surface area contributed by atoms with Gasteiger partial charge >= 0.3 is 0 Å². The molecule has 3 rings (SSSR count). The van der Waals surface area contributed by atoms with Gasteiger partial charge in [-0.25, -0.2) is 0 Å². The average Bonchev–Trinajstić information content (AvgIpc) is 3.00. The number of hydrogen-bond donors (Lipinski definition) is 2. The van der Waals surface area contributed by atoms with Gasteiger partial charge in [-0.2, -0.15) is 0 Å². The minimum absolute atomic E-state index is 0.0102. The molecule has 0 aromatic rings. The minimum atomic E-state index is -0.862. The van der Waals surface area contributed by atoms with Gasteiger partial charge in [-0.05, 0) is 31.4 Å². The van der Waals surface area contributed by atoms with Crippen LogP contribution in [0.25, 0.3) is 0 Å². The lowest BCUT2D eigenvalue weighted by Crippen LogP contribution is -2.40. The first kappa shape index (κ1) is 16.0. The number of carbonyl (C=O) groups excluding carboxylic acids is 1. The molecule has 0 spiro atoms. The summed E-state index contributed by atoms with van der Waals surface area (Å²) in [7, 11) is 0. The summed E-state index contributed by atoms with van der Waals surface area (Å²) in [5.74, 6) is -0.174. The third kappa shape index (κ3) is 3.54. The number of rotatable bonds is 6. The topological polar surface area (TPSA) is 58.6 Å². The van der Waals surface area contributed by atoms with Crippen molar-refractivity contribution in [1.29, 1.82) is 0 Å². The predicted molar refractivity (Wildman–Crippen MR) is 89.4 cm³/mol. The van der Waals surface area contributed by atoms with Crippen molar-refractivity contribution in [1.82, 2.24) is 5.32 Å². The molecule has 0 saturated carbocycles. The van der Waals surface area contributed by atoms with Crippen LogP contribution in [0, 0.1) is 5.92 Å². The molecule has 3 unspecified atom stereocenters. The molecule has 4 nitrogen and oxygen atoms in total. The Kier molecular flexibility index (Phi) is 4.94. The molecule has 0 aromatic carbocycles. The second kappa shape index (κ2) is 7.11. The highest BCUT2D eigenvalue weighted by molar-refractivity contribution is 5.97. The van der Waals surface area contributed by atoms with E-state index in [0.717, 1.165) is 24.0 Å². The number of amides is 1. The molecule has 23 heavy (non-hydrogen) atoms. The van der Waals surface area contributed by atoms with Crippen LogP contribution < -0.4 is 5.32 Å². The van der Waals surface area contributed by atoms with Gasteiger partial charge in [-0.1, -0.05) is 42.0 Å². The lowest BCUT2D eigenvalue weighted by atomic mass is 9.81. The van der Waals surface area contributed by atoms with Crippen LogP contribution in [0.1, 0.15) is 26.2 Å². The smallest absolute Gasteiger partial charge is 0.248 e. The monoisotopic (exact) mass is 313 g/mol. The SMILES string of the molecule is CCOC(O)CC(C1=CC=CCC1)C1=CC2=CC=CC2NC1=O. The zero-order chi connectivity index (χ0) is 16.2. The van der Waals surface area contributed by atoms with Crippen molar-refractivity contribution < 1.29 is 14.6 Å². The summed E-state index contributed by atoms with van der Waals surface area (Å²) in [5, 5.41) is 13.1. The minimum Gasteiger partial charge on any atom is -0.368 e. The number of aliphatic hydroxyl groups excluding tert-OH is 1. The molecule has 1 aliphatic heterocycles. The van der Waals surface area contributed by atoms with Crippen molar-refractivity contribution >= 4 is 5.91 Å². The van der Waals surface area contributed by atoms with E-state index in [1.165, 1.54) is 5.57 Å². The predicted octanol–water partition coefficient (Wildman–Crippen LogP) is 2.54. The highest BCUT2D eigenvalue weighted by atomic mass is 16.6. The van der Waals surface area contributed by atoms with Crippen molar-refractivity contribution in [2.24, 2.45) is 5.92 Å². The largest absolute Gasteiger partial charge is 0.368 e. The van der Waals surface area contributed by atoms with Crippen molar-refractivity contribution in [2.45, 2.75) is 38.5 Å². The van der Waals surface area contributed by atoms with Crippen LogP contribution in [-0.2, 0) is 9.53 Å². The van der Waals surface area contributed by atoms with Crippen LogP contribution >= 0.6 is 0 Å². The van der Waals surface area contributed by atoms with E-state index in [0.29, 0.717) is 13.0 Å². The molecular formula is C19H23NO3. The Balaban J connectivity index is 1.89. The Bertz CT molecular complexity index is 625. The number of ether oxygens (including phenoxy) is 1. The van der Waals surface area contributed by atoms with E-state index in [-0.39, 0.29) is 17.9 Å². The van der Waals surface area contributed by atoms with Gasteiger partial charge in [0.25, 0.3) is 0 Å². The fraction of sp³-hybridized carbons (Fsp3) is 0.421. The molecule has 0 aromatic heterocycles. The molecule has 4 heteroatoms. The lowest BCUT2D eigenvalue weighted by Gasteiger charge is -2.30. The van der Waals surface area contributed by atoms with Gasteiger partial charge < -0.3 is 15.2 Å². The van der Waals surface area contributed by atoms with Gasteiger partial charge in [0, 0.05) is 24.5 Å². The number of carbonyl (C=O) groups is 1. The highest BCUT2D eigenvalue weighted by Crippen LogP contribution is 2.34. The number of hydrogen-bond acceptors (Lipinski definition) is 3. The van der Waals surface area contributed by atoms with E-state index in [1.807, 2.05) is 37.3 Å². The van der Waals surface area contributed by atoms with Crippen molar-refractivity contribution in [3.05, 3.63) is 59.3 Å². The number of aliphatic hydroxyl groups is 1. The Morgan fingerprint density at radius 1 is 1.39 bits per heavy atom.